The van der Waals surface area contributed by atoms with E-state index in [1.54, 1.807) is 45.2 Å². The number of ether oxygens (including phenoxy) is 3. The number of carbonyl (C=O) groups is 4. The van der Waals surface area contributed by atoms with Crippen LogP contribution in [0.3, 0.4) is 0 Å². The number of rotatable bonds is 19. The SMILES string of the molecule is COC(=O)c1ccc(-c2cn(COCC[Si](C)(C)C)nc2C(N)=O)c(NCCCNC(=O)CCN(Cc2ccc(-c3ccccc3)c(Cl)c2)C(=O)OC(C)(C)C)c1. The molecule has 4 N–H and O–H groups in total. The van der Waals surface area contributed by atoms with Crippen molar-refractivity contribution in [3.8, 4) is 22.3 Å². The van der Waals surface area contributed by atoms with Crippen molar-refractivity contribution in [1.82, 2.24) is 20.0 Å². The Morgan fingerprint density at radius 1 is 0.947 bits per heavy atom. The lowest BCUT2D eigenvalue weighted by molar-refractivity contribution is -0.121. The molecular formula is C42H55ClN6O7Si. The Hall–Kier alpha value is -5.18. The van der Waals surface area contributed by atoms with Gasteiger partial charge in [-0.05, 0) is 62.6 Å². The lowest BCUT2D eigenvalue weighted by Crippen LogP contribution is -2.39. The van der Waals surface area contributed by atoms with E-state index in [4.69, 9.17) is 31.5 Å². The minimum atomic E-state index is -1.29. The normalized spacial score (nSPS) is 11.5. The molecule has 0 aliphatic rings. The number of hydrogen-bond donors (Lipinski definition) is 3. The number of esters is 1. The molecule has 0 aliphatic carbocycles. The van der Waals surface area contributed by atoms with E-state index in [2.05, 4.69) is 35.4 Å². The molecule has 13 nitrogen and oxygen atoms in total. The zero-order valence-corrected chi connectivity index (χ0v) is 35.7. The summed E-state index contributed by atoms with van der Waals surface area (Å²) in [6.45, 7) is 14.0. The van der Waals surface area contributed by atoms with Crippen molar-refractivity contribution < 1.29 is 33.4 Å². The fourth-order valence-electron chi connectivity index (χ4n) is 5.73. The average molecular weight is 819 g/mol. The van der Waals surface area contributed by atoms with Gasteiger partial charge in [-0.25, -0.2) is 14.3 Å². The van der Waals surface area contributed by atoms with Crippen LogP contribution in [0.1, 0.15) is 60.0 Å². The molecule has 0 atom stereocenters. The second-order valence-electron chi connectivity index (χ2n) is 15.9. The van der Waals surface area contributed by atoms with E-state index in [1.807, 2.05) is 48.5 Å². The Bertz CT molecular complexity index is 2010. The maximum atomic E-state index is 13.2. The maximum Gasteiger partial charge on any atom is 0.410 e. The third-order valence-electron chi connectivity index (χ3n) is 8.69. The highest BCUT2D eigenvalue weighted by Crippen LogP contribution is 2.32. The predicted molar refractivity (Wildman–Crippen MR) is 226 cm³/mol. The lowest BCUT2D eigenvalue weighted by Gasteiger charge is -2.27. The zero-order chi connectivity index (χ0) is 41.8. The van der Waals surface area contributed by atoms with Crippen LogP contribution >= 0.6 is 11.6 Å². The molecule has 0 saturated heterocycles. The zero-order valence-electron chi connectivity index (χ0n) is 33.9. The van der Waals surface area contributed by atoms with E-state index in [1.165, 1.54) is 16.7 Å². The van der Waals surface area contributed by atoms with Gasteiger partial charge in [-0.3, -0.25) is 9.59 Å². The Balaban J connectivity index is 1.38. The van der Waals surface area contributed by atoms with Crippen LogP contribution in [0.15, 0.2) is 72.9 Å². The molecule has 4 aromatic rings. The first-order chi connectivity index (χ1) is 26.9. The molecule has 0 radical (unpaired) electrons. The van der Waals surface area contributed by atoms with Crippen LogP contribution in [-0.2, 0) is 32.3 Å². The van der Waals surface area contributed by atoms with Gasteiger partial charge in [-0.2, -0.15) is 5.10 Å². The van der Waals surface area contributed by atoms with Gasteiger partial charge >= 0.3 is 12.1 Å². The van der Waals surface area contributed by atoms with Crippen LogP contribution in [0, 0.1) is 0 Å². The summed E-state index contributed by atoms with van der Waals surface area (Å²) in [5, 5.41) is 11.2. The number of benzene rings is 3. The first-order valence-corrected chi connectivity index (χ1v) is 23.0. The van der Waals surface area contributed by atoms with E-state index in [-0.39, 0.29) is 37.8 Å². The number of primary amides is 1. The number of aromatic nitrogens is 2. The fourth-order valence-corrected chi connectivity index (χ4v) is 6.80. The molecule has 0 saturated carbocycles. The molecule has 4 rings (SSSR count). The summed E-state index contributed by atoms with van der Waals surface area (Å²) in [6, 6.07) is 21.4. The Morgan fingerprint density at radius 2 is 1.67 bits per heavy atom. The van der Waals surface area contributed by atoms with Crippen molar-refractivity contribution >= 4 is 49.2 Å². The molecule has 0 spiro atoms. The Labute approximate surface area is 341 Å². The first-order valence-electron chi connectivity index (χ1n) is 18.9. The summed E-state index contributed by atoms with van der Waals surface area (Å²) < 4.78 is 18.0. The van der Waals surface area contributed by atoms with Gasteiger partial charge in [-0.15, -0.1) is 0 Å². The van der Waals surface area contributed by atoms with Crippen LogP contribution in [-0.4, -0.2) is 85.6 Å². The molecule has 1 heterocycles. The number of amides is 3. The van der Waals surface area contributed by atoms with Gasteiger partial charge in [0.2, 0.25) is 5.91 Å². The third-order valence-corrected chi connectivity index (χ3v) is 10.7. The van der Waals surface area contributed by atoms with Crippen molar-refractivity contribution in [3.63, 3.8) is 0 Å². The molecule has 0 bridgehead atoms. The summed E-state index contributed by atoms with van der Waals surface area (Å²) in [5.74, 6) is -1.46. The highest BCUT2D eigenvalue weighted by molar-refractivity contribution is 6.76. The number of nitrogens with two attached hydrogens (primary N) is 1. The maximum absolute atomic E-state index is 13.2. The summed E-state index contributed by atoms with van der Waals surface area (Å²) in [7, 11) is 0.0121. The Kier molecular flexibility index (Phi) is 15.9. The number of nitrogens with one attached hydrogen (secondary N) is 2. The second-order valence-corrected chi connectivity index (χ2v) is 21.9. The lowest BCUT2D eigenvalue weighted by atomic mass is 10.0. The van der Waals surface area contributed by atoms with E-state index in [0.29, 0.717) is 53.5 Å². The van der Waals surface area contributed by atoms with Gasteiger partial charge in [0, 0.05) is 80.9 Å². The quantitative estimate of drug-likeness (QED) is 0.0486. The smallest absolute Gasteiger partial charge is 0.410 e. The molecule has 0 unspecified atom stereocenters. The summed E-state index contributed by atoms with van der Waals surface area (Å²) in [5.41, 5.74) is 9.69. The monoisotopic (exact) mass is 818 g/mol. The van der Waals surface area contributed by atoms with Crippen molar-refractivity contribution in [2.24, 2.45) is 5.73 Å². The van der Waals surface area contributed by atoms with Crippen molar-refractivity contribution in [1.29, 1.82) is 0 Å². The summed E-state index contributed by atoms with van der Waals surface area (Å²) >= 11 is 6.65. The molecule has 15 heteroatoms. The predicted octanol–water partition coefficient (Wildman–Crippen LogP) is 7.81. The van der Waals surface area contributed by atoms with Crippen LogP contribution in [0.5, 0.6) is 0 Å². The number of carbonyl (C=O) groups excluding carboxylic acids is 4. The van der Waals surface area contributed by atoms with Crippen LogP contribution < -0.4 is 16.4 Å². The largest absolute Gasteiger partial charge is 0.465 e. The molecule has 0 aliphatic heterocycles. The van der Waals surface area contributed by atoms with Gasteiger partial charge in [0.25, 0.3) is 5.91 Å². The minimum absolute atomic E-state index is 0.0512. The van der Waals surface area contributed by atoms with Gasteiger partial charge in [0.05, 0.1) is 12.7 Å². The topological polar surface area (TPSA) is 167 Å². The van der Waals surface area contributed by atoms with E-state index >= 15 is 0 Å². The third kappa shape index (κ3) is 14.1. The molecule has 306 valence electrons. The first kappa shape index (κ1) is 44.5. The minimum Gasteiger partial charge on any atom is -0.465 e. The highest BCUT2D eigenvalue weighted by atomic mass is 35.5. The molecular weight excluding hydrogens is 764 g/mol. The number of halogens is 1. The molecule has 1 aromatic heterocycles. The molecule has 57 heavy (non-hydrogen) atoms. The Morgan fingerprint density at radius 3 is 2.32 bits per heavy atom. The van der Waals surface area contributed by atoms with E-state index in [9.17, 15) is 19.2 Å². The van der Waals surface area contributed by atoms with Gasteiger partial charge in [0.1, 0.15) is 12.3 Å². The van der Waals surface area contributed by atoms with Gasteiger partial charge in [-0.1, -0.05) is 79.8 Å². The number of hydrogen-bond acceptors (Lipinski definition) is 9. The fraction of sp³-hybridized carbons (Fsp3) is 0.405. The van der Waals surface area contributed by atoms with Crippen molar-refractivity contribution in [2.75, 3.05) is 38.7 Å². The van der Waals surface area contributed by atoms with Gasteiger partial charge in [0.15, 0.2) is 5.69 Å². The van der Waals surface area contributed by atoms with Crippen molar-refractivity contribution in [3.05, 3.63) is 94.8 Å². The second kappa shape index (κ2) is 20.3. The number of anilines is 1. The number of nitrogens with zero attached hydrogens (tertiary/aromatic N) is 3. The molecule has 3 amide bonds. The van der Waals surface area contributed by atoms with Crippen molar-refractivity contribution in [2.45, 2.75) is 78.2 Å². The van der Waals surface area contributed by atoms with Crippen LogP contribution in [0.2, 0.25) is 30.7 Å². The highest BCUT2D eigenvalue weighted by Gasteiger charge is 2.24. The summed E-state index contributed by atoms with van der Waals surface area (Å²) in [4.78, 5) is 52.6. The number of methoxy groups -OCH3 is 1. The van der Waals surface area contributed by atoms with Crippen LogP contribution in [0.25, 0.3) is 22.3 Å². The standard InChI is InChI=1S/C42H55ClN6O7Si/c1-42(2,3)56-41(53)48(26-29-14-16-32(35(43)24-29)30-12-9-8-10-13-30)21-18-37(50)46-20-11-19-45-36-25-31(40(52)54-4)15-17-33(36)34-27-49(47-38(34)39(44)51)28-55-22-23-57(5,6)7/h8-10,12-17,24-25,27,45H,11,18-23,26,28H2,1-7H3,(H2,44,51)(H,46,50). The molecule has 3 aromatic carbocycles. The summed E-state index contributed by atoms with van der Waals surface area (Å²) in [6.07, 6.45) is 1.73. The van der Waals surface area contributed by atoms with Gasteiger partial charge < -0.3 is 35.5 Å². The average Bonchev–Trinajstić information content (AvgIpc) is 3.58. The van der Waals surface area contributed by atoms with Crippen LogP contribution in [0.4, 0.5) is 10.5 Å². The molecule has 0 fully saturated rings. The van der Waals surface area contributed by atoms with E-state index < -0.39 is 31.6 Å². The van der Waals surface area contributed by atoms with E-state index in [0.717, 1.165) is 22.7 Å².